The molecule has 2 heterocycles. The van der Waals surface area contributed by atoms with Crippen molar-refractivity contribution in [2.45, 2.75) is 38.8 Å². The van der Waals surface area contributed by atoms with E-state index in [0.717, 1.165) is 36.5 Å². The number of nitrogens with one attached hydrogen (secondary N) is 2. The highest BCUT2D eigenvalue weighted by Gasteiger charge is 2.22. The Morgan fingerprint density at radius 3 is 3.08 bits per heavy atom. The van der Waals surface area contributed by atoms with Gasteiger partial charge in [-0.2, -0.15) is 0 Å². The van der Waals surface area contributed by atoms with Gasteiger partial charge in [-0.05, 0) is 25.8 Å². The normalized spacial score (nSPS) is 16.3. The number of aromatic nitrogens is 2. The second-order valence-corrected chi connectivity index (χ2v) is 6.47. The number of benzene rings is 1. The summed E-state index contributed by atoms with van der Waals surface area (Å²) in [6, 6.07) is 7.83. The third-order valence-corrected chi connectivity index (χ3v) is 4.56. The Hall–Kier alpha value is -2.34. The average Bonchev–Trinajstić information content (AvgIpc) is 3.01. The minimum Gasteiger partial charge on any atom is -0.483 e. The van der Waals surface area contributed by atoms with Gasteiger partial charge in [0, 0.05) is 44.4 Å². The van der Waals surface area contributed by atoms with Crippen molar-refractivity contribution in [3.8, 4) is 5.75 Å². The minimum atomic E-state index is -0.132. The first-order valence-corrected chi connectivity index (χ1v) is 8.83. The number of fused-ring (bicyclic) bond motifs is 1. The van der Waals surface area contributed by atoms with Gasteiger partial charge in [0.1, 0.15) is 11.6 Å². The van der Waals surface area contributed by atoms with Gasteiger partial charge in [-0.25, -0.2) is 4.98 Å². The number of ether oxygens (including phenoxy) is 1. The van der Waals surface area contributed by atoms with E-state index in [4.69, 9.17) is 4.74 Å². The van der Waals surface area contributed by atoms with Gasteiger partial charge in [0.25, 0.3) is 5.91 Å². The number of nitrogens with zero attached hydrogens (tertiary/aromatic N) is 2. The fourth-order valence-corrected chi connectivity index (χ4v) is 3.29. The van der Waals surface area contributed by atoms with Gasteiger partial charge < -0.3 is 19.9 Å². The van der Waals surface area contributed by atoms with E-state index in [0.29, 0.717) is 12.5 Å². The molecule has 0 radical (unpaired) electrons. The fraction of sp³-hybridized carbons (Fsp3) is 0.474. The van der Waals surface area contributed by atoms with Crippen LogP contribution in [0.4, 0.5) is 0 Å². The maximum atomic E-state index is 11.4. The molecule has 3 rings (SSSR count). The van der Waals surface area contributed by atoms with E-state index in [9.17, 15) is 4.79 Å². The number of rotatable bonds is 7. The van der Waals surface area contributed by atoms with Crippen molar-refractivity contribution in [3.05, 3.63) is 47.5 Å². The molecule has 1 amide bonds. The topological polar surface area (TPSA) is 68.2 Å². The van der Waals surface area contributed by atoms with Gasteiger partial charge >= 0.3 is 0 Å². The molecule has 2 aromatic rings. The molecule has 1 aromatic heterocycles. The Morgan fingerprint density at radius 1 is 1.40 bits per heavy atom. The molecule has 25 heavy (non-hydrogen) atoms. The van der Waals surface area contributed by atoms with Crippen LogP contribution in [0.5, 0.6) is 5.75 Å². The molecule has 0 spiro atoms. The van der Waals surface area contributed by atoms with Crippen LogP contribution in [-0.4, -0.2) is 35.7 Å². The molecule has 134 valence electrons. The van der Waals surface area contributed by atoms with Crippen molar-refractivity contribution in [1.82, 2.24) is 20.2 Å². The summed E-state index contributed by atoms with van der Waals surface area (Å²) < 4.78 is 7.91. The number of hydrogen-bond acceptors (Lipinski definition) is 4. The monoisotopic (exact) mass is 342 g/mol. The zero-order valence-corrected chi connectivity index (χ0v) is 14.9. The van der Waals surface area contributed by atoms with Crippen LogP contribution in [0.25, 0.3) is 0 Å². The standard InChI is InChI=1S/C19H26N4O2/c1-14-12-23-9-5-7-16(19(23)22-14)11-21-10-15-6-3-4-8-17(15)25-13-18(24)20-2/h3-4,6,8,12,16,21H,5,7,9-11,13H2,1-2H3,(H,20,24)/t16-/m0/s1. The highest BCUT2D eigenvalue weighted by molar-refractivity contribution is 5.77. The summed E-state index contributed by atoms with van der Waals surface area (Å²) in [7, 11) is 1.61. The van der Waals surface area contributed by atoms with Crippen LogP contribution in [-0.2, 0) is 17.9 Å². The Kier molecular flexibility index (Phi) is 5.71. The molecule has 1 aliphatic rings. The minimum absolute atomic E-state index is 0.0346. The van der Waals surface area contributed by atoms with Crippen molar-refractivity contribution in [1.29, 1.82) is 0 Å². The zero-order chi connectivity index (χ0) is 17.6. The van der Waals surface area contributed by atoms with E-state index in [1.54, 1.807) is 7.05 Å². The molecule has 6 heteroatoms. The summed E-state index contributed by atoms with van der Waals surface area (Å²) >= 11 is 0. The van der Waals surface area contributed by atoms with Crippen LogP contribution < -0.4 is 15.4 Å². The quantitative estimate of drug-likeness (QED) is 0.807. The second kappa shape index (κ2) is 8.16. The number of likely N-dealkylation sites (N-methyl/N-ethyl adjacent to an activating group) is 1. The number of carbonyl (C=O) groups is 1. The zero-order valence-electron chi connectivity index (χ0n) is 14.9. The molecular weight excluding hydrogens is 316 g/mol. The van der Waals surface area contributed by atoms with Crippen LogP contribution in [0.2, 0.25) is 0 Å². The molecule has 1 aliphatic heterocycles. The predicted molar refractivity (Wildman–Crippen MR) is 96.6 cm³/mol. The summed E-state index contributed by atoms with van der Waals surface area (Å²) in [6.45, 7) is 4.76. The lowest BCUT2D eigenvalue weighted by atomic mass is 9.99. The maximum absolute atomic E-state index is 11.4. The molecular formula is C19H26N4O2. The summed E-state index contributed by atoms with van der Waals surface area (Å²) in [5.41, 5.74) is 2.15. The molecule has 0 saturated carbocycles. The van der Waals surface area contributed by atoms with Crippen molar-refractivity contribution >= 4 is 5.91 Å². The van der Waals surface area contributed by atoms with Gasteiger partial charge in [-0.1, -0.05) is 18.2 Å². The molecule has 1 aromatic carbocycles. The van der Waals surface area contributed by atoms with Gasteiger partial charge in [-0.3, -0.25) is 4.79 Å². The first-order chi connectivity index (χ1) is 12.2. The van der Waals surface area contributed by atoms with Crippen molar-refractivity contribution in [2.24, 2.45) is 0 Å². The molecule has 1 atom stereocenters. The average molecular weight is 342 g/mol. The van der Waals surface area contributed by atoms with E-state index in [1.807, 2.05) is 24.3 Å². The van der Waals surface area contributed by atoms with E-state index < -0.39 is 0 Å². The number of imidazole rings is 1. The van der Waals surface area contributed by atoms with E-state index in [1.165, 1.54) is 12.2 Å². The lowest BCUT2D eigenvalue weighted by Gasteiger charge is -2.23. The second-order valence-electron chi connectivity index (χ2n) is 6.47. The lowest BCUT2D eigenvalue weighted by molar-refractivity contribution is -0.122. The molecule has 6 nitrogen and oxygen atoms in total. The third-order valence-electron chi connectivity index (χ3n) is 4.56. The van der Waals surface area contributed by atoms with Crippen molar-refractivity contribution < 1.29 is 9.53 Å². The third kappa shape index (κ3) is 4.39. The number of para-hydroxylation sites is 1. The smallest absolute Gasteiger partial charge is 0.257 e. The summed E-state index contributed by atoms with van der Waals surface area (Å²) in [5, 5.41) is 6.09. The van der Waals surface area contributed by atoms with Crippen molar-refractivity contribution in [3.63, 3.8) is 0 Å². The molecule has 2 N–H and O–H groups in total. The van der Waals surface area contributed by atoms with Gasteiger partial charge in [-0.15, -0.1) is 0 Å². The fourth-order valence-electron chi connectivity index (χ4n) is 3.29. The maximum Gasteiger partial charge on any atom is 0.257 e. The van der Waals surface area contributed by atoms with Gasteiger partial charge in [0.15, 0.2) is 6.61 Å². The largest absolute Gasteiger partial charge is 0.483 e. The lowest BCUT2D eigenvalue weighted by Crippen LogP contribution is -2.27. The van der Waals surface area contributed by atoms with Gasteiger partial charge in [0.2, 0.25) is 0 Å². The molecule has 0 unspecified atom stereocenters. The molecule has 0 fully saturated rings. The Balaban J connectivity index is 1.57. The van der Waals surface area contributed by atoms with E-state index in [2.05, 4.69) is 33.3 Å². The first kappa shape index (κ1) is 17.5. The summed E-state index contributed by atoms with van der Waals surface area (Å²) in [4.78, 5) is 16.1. The van der Waals surface area contributed by atoms with E-state index in [-0.39, 0.29) is 12.5 Å². The molecule has 0 saturated heterocycles. The van der Waals surface area contributed by atoms with Crippen LogP contribution >= 0.6 is 0 Å². The first-order valence-electron chi connectivity index (χ1n) is 8.83. The van der Waals surface area contributed by atoms with Crippen LogP contribution in [0, 0.1) is 6.92 Å². The number of hydrogen-bond donors (Lipinski definition) is 2. The Bertz CT molecular complexity index is 726. The van der Waals surface area contributed by atoms with Crippen molar-refractivity contribution in [2.75, 3.05) is 20.2 Å². The van der Waals surface area contributed by atoms with E-state index >= 15 is 0 Å². The predicted octanol–water partition coefficient (Wildman–Crippen LogP) is 1.98. The summed E-state index contributed by atoms with van der Waals surface area (Å²) in [5.74, 6) is 2.26. The molecule has 0 aliphatic carbocycles. The van der Waals surface area contributed by atoms with Crippen LogP contribution in [0.3, 0.4) is 0 Å². The summed E-state index contributed by atoms with van der Waals surface area (Å²) in [6.07, 6.45) is 4.50. The van der Waals surface area contributed by atoms with Crippen LogP contribution in [0.15, 0.2) is 30.5 Å². The number of aryl methyl sites for hydroxylation is 2. The van der Waals surface area contributed by atoms with Crippen LogP contribution in [0.1, 0.15) is 35.8 Å². The Labute approximate surface area is 148 Å². The highest BCUT2D eigenvalue weighted by atomic mass is 16.5. The SMILES string of the molecule is CNC(=O)COc1ccccc1CNC[C@@H]1CCCn2cc(C)nc21. The number of carbonyl (C=O) groups excluding carboxylic acids is 1. The molecule has 0 bridgehead atoms. The highest BCUT2D eigenvalue weighted by Crippen LogP contribution is 2.26. The van der Waals surface area contributed by atoms with Gasteiger partial charge in [0.05, 0.1) is 5.69 Å². The Morgan fingerprint density at radius 2 is 2.24 bits per heavy atom. The number of amides is 1.